The van der Waals surface area contributed by atoms with Crippen LogP contribution in [-0.2, 0) is 9.09 Å². The predicted molar refractivity (Wildman–Crippen MR) is 23.9 cm³/mol. The second kappa shape index (κ2) is 2.75. The first-order valence-electron chi connectivity index (χ1n) is 1.44. The van der Waals surface area contributed by atoms with E-state index in [1.54, 1.807) is 0 Å². The quantitative estimate of drug-likeness (QED) is 0.463. The lowest BCUT2D eigenvalue weighted by atomic mass is 11.6. The van der Waals surface area contributed by atoms with Crippen molar-refractivity contribution in [3.8, 4) is 0 Å². The average molecular weight is 164 g/mol. The molecule has 0 saturated heterocycles. The third-order valence-corrected chi connectivity index (χ3v) is 0.890. The zero-order valence-electron chi connectivity index (χ0n) is 3.49. The Balaban J connectivity index is 3.56. The Hall–Kier alpha value is 0.330. The monoisotopic (exact) mass is 164 g/mol. The molecule has 0 radical (unpaired) electrons. The van der Waals surface area contributed by atoms with Crippen molar-refractivity contribution in [1.82, 2.24) is 0 Å². The van der Waals surface area contributed by atoms with E-state index < -0.39 is 13.6 Å². The van der Waals surface area contributed by atoms with Crippen molar-refractivity contribution >= 4 is 19.4 Å². The van der Waals surface area contributed by atoms with Gasteiger partial charge < -0.3 is 9.79 Å². The number of alkyl halides is 2. The van der Waals surface area contributed by atoms with Crippen LogP contribution >= 0.6 is 19.4 Å². The highest BCUT2D eigenvalue weighted by Crippen LogP contribution is 2.38. The number of hydrogen-bond donors (Lipinski definition) is 2. The van der Waals surface area contributed by atoms with E-state index in [0.717, 1.165) is 0 Å². The Morgan fingerprint density at radius 3 is 2.12 bits per heavy atom. The van der Waals surface area contributed by atoms with Gasteiger partial charge in [0.05, 0.1) is 0 Å². The Morgan fingerprint density at radius 2 is 2.12 bits per heavy atom. The molecule has 0 rings (SSSR count). The molecule has 0 aromatic heterocycles. The molecule has 0 amide bonds. The number of phosphoric acid groups is 1. The van der Waals surface area contributed by atoms with Gasteiger partial charge in [0, 0.05) is 0 Å². The van der Waals surface area contributed by atoms with Crippen LogP contribution in [0, 0.1) is 0 Å². The van der Waals surface area contributed by atoms with Crippen molar-refractivity contribution in [2.45, 2.75) is 5.82 Å². The molecule has 1 unspecified atom stereocenters. The molecule has 0 aliphatic carbocycles. The standard InChI is InChI=1S/CH3ClFO4P/c2-1(3)7-8(4,5)6/h1H,(H2,4,5,6). The first kappa shape index (κ1) is 8.33. The summed E-state index contributed by atoms with van der Waals surface area (Å²) in [6.45, 7) is 0. The number of phosphoric ester groups is 1. The van der Waals surface area contributed by atoms with Gasteiger partial charge in [0.25, 0.3) is 5.82 Å². The van der Waals surface area contributed by atoms with E-state index in [4.69, 9.17) is 9.79 Å². The summed E-state index contributed by atoms with van der Waals surface area (Å²) in [5.41, 5.74) is 0. The second-order valence-corrected chi connectivity index (χ2v) is 2.39. The maximum absolute atomic E-state index is 11.2. The lowest BCUT2D eigenvalue weighted by molar-refractivity contribution is 0.0983. The van der Waals surface area contributed by atoms with Crippen LogP contribution in [0.15, 0.2) is 0 Å². The maximum Gasteiger partial charge on any atom is 0.473 e. The molecule has 50 valence electrons. The van der Waals surface area contributed by atoms with Gasteiger partial charge in [-0.3, -0.25) is 0 Å². The van der Waals surface area contributed by atoms with Crippen molar-refractivity contribution in [1.29, 1.82) is 0 Å². The summed E-state index contributed by atoms with van der Waals surface area (Å²) in [7, 11) is -4.73. The van der Waals surface area contributed by atoms with E-state index in [2.05, 4.69) is 16.1 Å². The van der Waals surface area contributed by atoms with Gasteiger partial charge in [-0.1, -0.05) is 11.6 Å². The van der Waals surface area contributed by atoms with E-state index >= 15 is 0 Å². The van der Waals surface area contributed by atoms with Gasteiger partial charge in [-0.2, -0.15) is 4.39 Å². The second-order valence-electron chi connectivity index (χ2n) is 0.857. The molecular weight excluding hydrogens is 161 g/mol. The van der Waals surface area contributed by atoms with Crippen molar-refractivity contribution in [3.63, 3.8) is 0 Å². The summed E-state index contributed by atoms with van der Waals surface area (Å²) in [4.78, 5) is 15.5. The molecule has 8 heavy (non-hydrogen) atoms. The average Bonchev–Trinajstić information content (AvgIpc) is 1.21. The molecule has 4 nitrogen and oxygen atoms in total. The number of rotatable bonds is 2. The van der Waals surface area contributed by atoms with Gasteiger partial charge in [-0.05, 0) is 0 Å². The van der Waals surface area contributed by atoms with Crippen LogP contribution in [0.3, 0.4) is 0 Å². The molecule has 0 heterocycles. The maximum atomic E-state index is 11.2. The fourth-order valence-electron chi connectivity index (χ4n) is 0.104. The summed E-state index contributed by atoms with van der Waals surface area (Å²) >= 11 is 4.38. The Kier molecular flexibility index (Phi) is 2.87. The zero-order chi connectivity index (χ0) is 6.78. The third-order valence-electron chi connectivity index (χ3n) is 0.217. The lowest BCUT2D eigenvalue weighted by Crippen LogP contribution is -1.93. The summed E-state index contributed by atoms with van der Waals surface area (Å²) in [5, 5.41) is 0. The smallest absolute Gasteiger partial charge is 0.303 e. The molecule has 0 aliphatic heterocycles. The normalized spacial score (nSPS) is 16.0. The van der Waals surface area contributed by atoms with Crippen LogP contribution in [0.25, 0.3) is 0 Å². The lowest BCUT2D eigenvalue weighted by Gasteiger charge is -2.01. The summed E-state index contributed by atoms with van der Waals surface area (Å²) in [6.07, 6.45) is 0. The highest BCUT2D eigenvalue weighted by molar-refractivity contribution is 7.46. The van der Waals surface area contributed by atoms with E-state index in [9.17, 15) is 8.96 Å². The summed E-state index contributed by atoms with van der Waals surface area (Å²) in [6, 6.07) is 0. The zero-order valence-corrected chi connectivity index (χ0v) is 5.14. The van der Waals surface area contributed by atoms with Crippen LogP contribution in [0.4, 0.5) is 4.39 Å². The highest BCUT2D eigenvalue weighted by Gasteiger charge is 2.18. The fourth-order valence-corrected chi connectivity index (χ4v) is 0.623. The minimum absolute atomic E-state index is 2.45. The van der Waals surface area contributed by atoms with E-state index in [-0.39, 0.29) is 0 Å². The molecule has 2 N–H and O–H groups in total. The van der Waals surface area contributed by atoms with E-state index in [1.807, 2.05) is 0 Å². The Labute approximate surface area is 49.5 Å². The minimum atomic E-state index is -4.73. The van der Waals surface area contributed by atoms with Crippen molar-refractivity contribution < 1.29 is 23.3 Å². The molecule has 1 atom stereocenters. The van der Waals surface area contributed by atoms with Gasteiger partial charge in [0.15, 0.2) is 0 Å². The molecule has 0 aromatic rings. The largest absolute Gasteiger partial charge is 0.473 e. The van der Waals surface area contributed by atoms with Crippen LogP contribution in [0.1, 0.15) is 0 Å². The topological polar surface area (TPSA) is 66.8 Å². The fraction of sp³-hybridized carbons (Fsp3) is 1.00. The molecule has 0 saturated carbocycles. The SMILES string of the molecule is O=P(O)(O)OC(F)Cl. The highest BCUT2D eigenvalue weighted by atomic mass is 35.5. The predicted octanol–water partition coefficient (Wildman–Crippen LogP) is 0.588. The van der Waals surface area contributed by atoms with E-state index in [1.165, 1.54) is 0 Å². The van der Waals surface area contributed by atoms with Crippen LogP contribution < -0.4 is 0 Å². The molecule has 0 spiro atoms. The van der Waals surface area contributed by atoms with Gasteiger partial charge in [-0.15, -0.1) is 0 Å². The third kappa shape index (κ3) is 6.33. The van der Waals surface area contributed by atoms with Crippen molar-refractivity contribution in [2.75, 3.05) is 0 Å². The molecule has 0 aliphatic rings. The summed E-state index contributed by atoms with van der Waals surface area (Å²) < 4.78 is 24.0. The van der Waals surface area contributed by atoms with Gasteiger partial charge >= 0.3 is 7.82 Å². The Bertz CT molecular complexity index is 109. The van der Waals surface area contributed by atoms with Crippen molar-refractivity contribution in [2.24, 2.45) is 0 Å². The van der Waals surface area contributed by atoms with Gasteiger partial charge in [-0.25, -0.2) is 9.09 Å². The van der Waals surface area contributed by atoms with Gasteiger partial charge in [0.2, 0.25) is 0 Å². The van der Waals surface area contributed by atoms with Gasteiger partial charge in [0.1, 0.15) is 0 Å². The molecule has 0 bridgehead atoms. The van der Waals surface area contributed by atoms with Crippen LogP contribution in [0.2, 0.25) is 0 Å². The van der Waals surface area contributed by atoms with Crippen molar-refractivity contribution in [3.05, 3.63) is 0 Å². The first-order valence-corrected chi connectivity index (χ1v) is 3.40. The number of halogens is 2. The summed E-state index contributed by atoms with van der Waals surface area (Å²) in [5.74, 6) is -2.45. The van der Waals surface area contributed by atoms with Crippen LogP contribution in [0.5, 0.6) is 0 Å². The first-order chi connectivity index (χ1) is 3.42. The number of hydrogen-bond acceptors (Lipinski definition) is 2. The van der Waals surface area contributed by atoms with E-state index in [0.29, 0.717) is 0 Å². The van der Waals surface area contributed by atoms with Crippen LogP contribution in [-0.4, -0.2) is 15.6 Å². The molecular formula is CH3ClFO4P. The molecule has 0 fully saturated rings. The minimum Gasteiger partial charge on any atom is -0.303 e. The molecule has 0 aromatic carbocycles. The Morgan fingerprint density at radius 1 is 1.75 bits per heavy atom. The molecule has 7 heteroatoms.